The summed E-state index contributed by atoms with van der Waals surface area (Å²) in [5, 5.41) is 3.24. The van der Waals surface area contributed by atoms with E-state index in [0.29, 0.717) is 16.5 Å². The molecule has 0 fully saturated rings. The second-order valence-corrected chi connectivity index (χ2v) is 9.25. The fraction of sp³-hybridized carbons (Fsp3) is 0.174. The summed E-state index contributed by atoms with van der Waals surface area (Å²) >= 11 is 5.83. The van der Waals surface area contributed by atoms with Crippen molar-refractivity contribution < 1.29 is 22.3 Å². The molecule has 6 nitrogen and oxygen atoms in total. The van der Waals surface area contributed by atoms with Gasteiger partial charge in [0.2, 0.25) is 5.91 Å². The van der Waals surface area contributed by atoms with Crippen LogP contribution in [0.25, 0.3) is 0 Å². The predicted octanol–water partition coefficient (Wildman–Crippen LogP) is 4.18. The number of ether oxygens (including phenoxy) is 1. The molecule has 3 aromatic rings. The van der Waals surface area contributed by atoms with Crippen LogP contribution >= 0.6 is 11.6 Å². The molecule has 0 atom stereocenters. The number of nitrogens with one attached hydrogen (secondary N) is 1. The molecule has 0 heterocycles. The van der Waals surface area contributed by atoms with Crippen molar-refractivity contribution in [3.05, 3.63) is 89.2 Å². The van der Waals surface area contributed by atoms with Gasteiger partial charge in [-0.05, 0) is 67.6 Å². The lowest BCUT2D eigenvalue weighted by molar-refractivity contribution is -0.119. The van der Waals surface area contributed by atoms with E-state index >= 15 is 0 Å². The molecule has 0 saturated heterocycles. The summed E-state index contributed by atoms with van der Waals surface area (Å²) in [5.41, 5.74) is 1.27. The topological polar surface area (TPSA) is 75.7 Å². The van der Waals surface area contributed by atoms with Crippen molar-refractivity contribution >= 4 is 33.2 Å². The maximum atomic E-state index is 13.3. The minimum absolute atomic E-state index is 0.113. The molecule has 168 valence electrons. The Kier molecular flexibility index (Phi) is 7.71. The van der Waals surface area contributed by atoms with Gasteiger partial charge in [0.15, 0.2) is 0 Å². The molecule has 1 amide bonds. The van der Waals surface area contributed by atoms with Crippen molar-refractivity contribution in [3.63, 3.8) is 0 Å². The molecule has 0 bridgehead atoms. The molecule has 0 aliphatic heterocycles. The molecule has 0 unspecified atom stereocenters. The van der Waals surface area contributed by atoms with Crippen LogP contribution in [0, 0.1) is 12.7 Å². The molecule has 32 heavy (non-hydrogen) atoms. The van der Waals surface area contributed by atoms with Gasteiger partial charge < -0.3 is 10.1 Å². The standard InChI is InChI=1S/C23H22ClFN2O4S/c1-17-2-8-20(9-3-17)27(32(29,30)22-12-6-19(25)7-13-22)16-23(28)26-14-15-31-21-10-4-18(24)5-11-21/h2-13H,14-16H2,1H3,(H,26,28). The summed E-state index contributed by atoms with van der Waals surface area (Å²) in [4.78, 5) is 12.4. The smallest absolute Gasteiger partial charge is 0.264 e. The van der Waals surface area contributed by atoms with Crippen LogP contribution in [0.15, 0.2) is 77.7 Å². The zero-order valence-electron chi connectivity index (χ0n) is 17.3. The quantitative estimate of drug-likeness (QED) is 0.470. The third kappa shape index (κ3) is 6.21. The Balaban J connectivity index is 1.69. The lowest BCUT2D eigenvalue weighted by Gasteiger charge is -2.24. The molecular formula is C23H22ClFN2O4S. The highest BCUT2D eigenvalue weighted by Crippen LogP contribution is 2.24. The molecule has 0 saturated carbocycles. The van der Waals surface area contributed by atoms with Gasteiger partial charge in [-0.3, -0.25) is 9.10 Å². The van der Waals surface area contributed by atoms with Crippen LogP contribution in [-0.2, 0) is 14.8 Å². The van der Waals surface area contributed by atoms with E-state index in [1.165, 1.54) is 12.1 Å². The number of amides is 1. The molecule has 0 aliphatic carbocycles. The second-order valence-electron chi connectivity index (χ2n) is 6.95. The van der Waals surface area contributed by atoms with E-state index in [-0.39, 0.29) is 18.0 Å². The van der Waals surface area contributed by atoms with Crippen molar-refractivity contribution in [2.75, 3.05) is 24.0 Å². The van der Waals surface area contributed by atoms with Crippen LogP contribution in [0.4, 0.5) is 10.1 Å². The fourth-order valence-corrected chi connectivity index (χ4v) is 4.38. The summed E-state index contributed by atoms with van der Waals surface area (Å²) in [6.45, 7) is 1.81. The third-order valence-electron chi connectivity index (χ3n) is 4.52. The number of rotatable bonds is 9. The van der Waals surface area contributed by atoms with Crippen LogP contribution in [0.5, 0.6) is 5.75 Å². The van der Waals surface area contributed by atoms with E-state index in [9.17, 15) is 17.6 Å². The van der Waals surface area contributed by atoms with Gasteiger partial charge in [0.05, 0.1) is 17.1 Å². The molecular weight excluding hydrogens is 455 g/mol. The minimum Gasteiger partial charge on any atom is -0.492 e. The van der Waals surface area contributed by atoms with Crippen molar-refractivity contribution in [1.29, 1.82) is 0 Å². The van der Waals surface area contributed by atoms with Gasteiger partial charge in [0, 0.05) is 5.02 Å². The first-order valence-electron chi connectivity index (χ1n) is 9.76. The summed E-state index contributed by atoms with van der Waals surface area (Å²) in [6, 6.07) is 18.0. The van der Waals surface area contributed by atoms with Crippen LogP contribution in [0.3, 0.4) is 0 Å². The summed E-state index contributed by atoms with van der Waals surface area (Å²) in [6.07, 6.45) is 0. The molecule has 3 aromatic carbocycles. The SMILES string of the molecule is Cc1ccc(N(CC(=O)NCCOc2ccc(Cl)cc2)S(=O)(=O)c2ccc(F)cc2)cc1. The molecule has 9 heteroatoms. The van der Waals surface area contributed by atoms with Gasteiger partial charge in [-0.2, -0.15) is 0 Å². The normalized spacial score (nSPS) is 11.1. The number of anilines is 1. The lowest BCUT2D eigenvalue weighted by atomic mass is 10.2. The number of benzene rings is 3. The Morgan fingerprint density at radius 2 is 1.62 bits per heavy atom. The number of carbonyl (C=O) groups excluding carboxylic acids is 1. The van der Waals surface area contributed by atoms with E-state index < -0.39 is 28.3 Å². The molecule has 1 N–H and O–H groups in total. The van der Waals surface area contributed by atoms with E-state index in [2.05, 4.69) is 5.32 Å². The Morgan fingerprint density at radius 3 is 2.25 bits per heavy atom. The lowest BCUT2D eigenvalue weighted by Crippen LogP contribution is -2.41. The number of sulfonamides is 1. The monoisotopic (exact) mass is 476 g/mol. The van der Waals surface area contributed by atoms with Crippen LogP contribution < -0.4 is 14.4 Å². The first-order valence-corrected chi connectivity index (χ1v) is 11.6. The Hall–Kier alpha value is -3.10. The maximum Gasteiger partial charge on any atom is 0.264 e. The van der Waals surface area contributed by atoms with Gasteiger partial charge in [0.1, 0.15) is 24.7 Å². The van der Waals surface area contributed by atoms with Gasteiger partial charge in [0.25, 0.3) is 10.0 Å². The number of carbonyl (C=O) groups is 1. The fourth-order valence-electron chi connectivity index (χ4n) is 2.84. The predicted molar refractivity (Wildman–Crippen MR) is 122 cm³/mol. The van der Waals surface area contributed by atoms with Crippen LogP contribution in [0.2, 0.25) is 5.02 Å². The highest BCUT2D eigenvalue weighted by Gasteiger charge is 2.27. The largest absolute Gasteiger partial charge is 0.492 e. The number of hydrogen-bond acceptors (Lipinski definition) is 4. The van der Waals surface area contributed by atoms with E-state index in [1.54, 1.807) is 48.5 Å². The Labute approximate surface area is 191 Å². The molecule has 0 aromatic heterocycles. The highest BCUT2D eigenvalue weighted by molar-refractivity contribution is 7.92. The van der Waals surface area contributed by atoms with Gasteiger partial charge >= 0.3 is 0 Å². The summed E-state index contributed by atoms with van der Waals surface area (Å²) < 4.78 is 46.2. The van der Waals surface area contributed by atoms with Gasteiger partial charge in [-0.1, -0.05) is 29.3 Å². The Bertz CT molecular complexity index is 1150. The van der Waals surface area contributed by atoms with Crippen LogP contribution in [-0.4, -0.2) is 34.0 Å². The van der Waals surface area contributed by atoms with Crippen molar-refractivity contribution in [2.45, 2.75) is 11.8 Å². The first kappa shape index (κ1) is 23.6. The van der Waals surface area contributed by atoms with Crippen molar-refractivity contribution in [3.8, 4) is 5.75 Å². The van der Waals surface area contributed by atoms with Gasteiger partial charge in [-0.15, -0.1) is 0 Å². The average Bonchev–Trinajstić information content (AvgIpc) is 2.77. The maximum absolute atomic E-state index is 13.3. The van der Waals surface area contributed by atoms with E-state index in [0.717, 1.165) is 22.0 Å². The Morgan fingerprint density at radius 1 is 1.00 bits per heavy atom. The molecule has 3 rings (SSSR count). The third-order valence-corrected chi connectivity index (χ3v) is 6.56. The van der Waals surface area contributed by atoms with Crippen molar-refractivity contribution in [2.24, 2.45) is 0 Å². The van der Waals surface area contributed by atoms with E-state index in [4.69, 9.17) is 16.3 Å². The zero-order chi connectivity index (χ0) is 23.1. The van der Waals surface area contributed by atoms with Crippen LogP contribution in [0.1, 0.15) is 5.56 Å². The minimum atomic E-state index is -4.09. The number of aryl methyl sites for hydroxylation is 1. The number of hydrogen-bond donors (Lipinski definition) is 1. The molecule has 0 aliphatic rings. The summed E-state index contributed by atoms with van der Waals surface area (Å²) in [7, 11) is -4.09. The number of nitrogens with zero attached hydrogens (tertiary/aromatic N) is 1. The second kappa shape index (κ2) is 10.5. The highest BCUT2D eigenvalue weighted by atomic mass is 35.5. The molecule has 0 spiro atoms. The zero-order valence-corrected chi connectivity index (χ0v) is 18.9. The number of halogens is 2. The van der Waals surface area contributed by atoms with Crippen molar-refractivity contribution in [1.82, 2.24) is 5.32 Å². The van der Waals surface area contributed by atoms with Gasteiger partial charge in [-0.25, -0.2) is 12.8 Å². The average molecular weight is 477 g/mol. The van der Waals surface area contributed by atoms with E-state index in [1.807, 2.05) is 6.92 Å². The first-order chi connectivity index (χ1) is 15.3. The summed E-state index contributed by atoms with van der Waals surface area (Å²) in [5.74, 6) is -0.455. The molecule has 0 radical (unpaired) electrons.